The average molecular weight is 686 g/mol. The number of anilines is 1. The molecule has 1 aliphatic rings. The number of carboxylic acids is 1. The van der Waals surface area contributed by atoms with Crippen molar-refractivity contribution in [1.29, 1.82) is 0 Å². The van der Waals surface area contributed by atoms with Gasteiger partial charge in [0, 0.05) is 51.1 Å². The number of nitrogens with one attached hydrogen (secondary N) is 1. The number of hydrogen-bond donors (Lipinski definition) is 3. The van der Waals surface area contributed by atoms with Crippen molar-refractivity contribution in [3.63, 3.8) is 0 Å². The van der Waals surface area contributed by atoms with E-state index in [1.54, 1.807) is 55.3 Å². The fourth-order valence-electron chi connectivity index (χ4n) is 5.62. The minimum Gasteiger partial charge on any atom is -0.490 e. The van der Waals surface area contributed by atoms with Crippen LogP contribution in [0.1, 0.15) is 66.3 Å². The fourth-order valence-corrected chi connectivity index (χ4v) is 6.65. The Morgan fingerprint density at radius 3 is 2.54 bits per heavy atom. The van der Waals surface area contributed by atoms with E-state index in [-0.39, 0.29) is 53.1 Å². The van der Waals surface area contributed by atoms with Crippen molar-refractivity contribution in [2.45, 2.75) is 69.9 Å². The van der Waals surface area contributed by atoms with Crippen molar-refractivity contribution in [2.24, 2.45) is 13.0 Å². The van der Waals surface area contributed by atoms with Crippen LogP contribution in [0, 0.1) is 5.92 Å². The van der Waals surface area contributed by atoms with Gasteiger partial charge >= 0.3 is 5.97 Å². The zero-order valence-electron chi connectivity index (χ0n) is 28.2. The fraction of sp³-hybridized carbons (Fsp3) is 0.500. The smallest absolute Gasteiger partial charge is 0.335 e. The maximum atomic E-state index is 14.3. The van der Waals surface area contributed by atoms with Gasteiger partial charge in [0.15, 0.2) is 5.03 Å². The van der Waals surface area contributed by atoms with Gasteiger partial charge in [0.05, 0.1) is 42.3 Å². The molecule has 0 spiro atoms. The van der Waals surface area contributed by atoms with Gasteiger partial charge in [0.2, 0.25) is 0 Å². The summed E-state index contributed by atoms with van der Waals surface area (Å²) >= 11 is 0. The molecular formula is C34H47N5O8S. The number of aryl methyl sites for hydroxylation is 1. The Bertz CT molecular complexity index is 1650. The van der Waals surface area contributed by atoms with E-state index in [2.05, 4.69) is 14.6 Å². The van der Waals surface area contributed by atoms with Crippen LogP contribution in [-0.4, -0.2) is 101 Å². The molecule has 0 radical (unpaired) electrons. The van der Waals surface area contributed by atoms with E-state index < -0.39 is 27.9 Å². The third-order valence-corrected chi connectivity index (χ3v) is 9.67. The summed E-state index contributed by atoms with van der Waals surface area (Å²) in [5, 5.41) is 19.3. The van der Waals surface area contributed by atoms with Crippen LogP contribution in [0.5, 0.6) is 5.75 Å². The number of hydrogen-bond acceptors (Lipinski definition) is 9. The Hall–Kier alpha value is -3.98. The molecule has 14 heteroatoms. The number of likely N-dealkylation sites (N-methyl/N-ethyl adjacent to an activating group) is 1. The Kier molecular flexibility index (Phi) is 12.6. The van der Waals surface area contributed by atoms with Crippen LogP contribution in [-0.2, 0) is 28.4 Å². The highest BCUT2D eigenvalue weighted by Crippen LogP contribution is 2.29. The van der Waals surface area contributed by atoms with Gasteiger partial charge in [0.25, 0.3) is 15.9 Å². The molecule has 0 saturated carbocycles. The van der Waals surface area contributed by atoms with E-state index in [1.165, 1.54) is 23.2 Å². The summed E-state index contributed by atoms with van der Waals surface area (Å²) in [5.74, 6) is -1.21. The maximum Gasteiger partial charge on any atom is 0.335 e. The van der Waals surface area contributed by atoms with Crippen molar-refractivity contribution < 1.29 is 37.7 Å². The monoisotopic (exact) mass is 685 g/mol. The molecule has 4 rings (SSSR count). The molecule has 13 nitrogen and oxygen atoms in total. The van der Waals surface area contributed by atoms with Crippen LogP contribution >= 0.6 is 0 Å². The highest BCUT2D eigenvalue weighted by Gasteiger charge is 2.31. The van der Waals surface area contributed by atoms with Crippen molar-refractivity contribution in [3.8, 4) is 5.75 Å². The first-order valence-corrected chi connectivity index (χ1v) is 17.6. The lowest BCUT2D eigenvalue weighted by Gasteiger charge is -2.36. The van der Waals surface area contributed by atoms with Crippen LogP contribution < -0.4 is 9.46 Å². The predicted molar refractivity (Wildman–Crippen MR) is 181 cm³/mol. The number of aliphatic hydroxyl groups is 1. The van der Waals surface area contributed by atoms with Crippen molar-refractivity contribution in [3.05, 3.63) is 71.7 Å². The number of carboxylic acid groups (broad SMARTS) is 1. The number of aromatic nitrogens is 2. The maximum absolute atomic E-state index is 14.3. The van der Waals surface area contributed by atoms with Gasteiger partial charge in [-0.25, -0.2) is 9.78 Å². The topological polar surface area (TPSA) is 164 Å². The molecule has 2 aromatic carbocycles. The number of nitrogens with zero attached hydrogens (tertiary/aromatic N) is 4. The molecular weight excluding hydrogens is 638 g/mol. The third-order valence-electron chi connectivity index (χ3n) is 8.41. The Morgan fingerprint density at radius 2 is 1.90 bits per heavy atom. The molecule has 0 unspecified atom stereocenters. The summed E-state index contributed by atoms with van der Waals surface area (Å²) in [7, 11) is -0.386. The number of imidazole rings is 1. The Morgan fingerprint density at radius 1 is 1.17 bits per heavy atom. The molecule has 1 aliphatic heterocycles. The van der Waals surface area contributed by atoms with Gasteiger partial charge < -0.3 is 29.2 Å². The Labute approximate surface area is 282 Å². The first-order chi connectivity index (χ1) is 22.8. The molecule has 4 atom stereocenters. The first-order valence-electron chi connectivity index (χ1n) is 16.1. The van der Waals surface area contributed by atoms with Crippen molar-refractivity contribution in [2.75, 3.05) is 38.1 Å². The summed E-state index contributed by atoms with van der Waals surface area (Å²) in [6.45, 7) is 7.31. The molecule has 48 heavy (non-hydrogen) atoms. The molecule has 1 amide bonds. The number of aromatic carboxylic acids is 1. The lowest BCUT2D eigenvalue weighted by atomic mass is 10.0. The summed E-state index contributed by atoms with van der Waals surface area (Å²) in [4.78, 5) is 33.2. The highest BCUT2D eigenvalue weighted by molar-refractivity contribution is 7.92. The second-order valence-electron chi connectivity index (χ2n) is 12.7. The lowest BCUT2D eigenvalue weighted by molar-refractivity contribution is -0.0177. The van der Waals surface area contributed by atoms with Crippen LogP contribution in [0.25, 0.3) is 0 Å². The molecule has 262 valence electrons. The number of carbonyl (C=O) groups is 2. The number of rotatable bonds is 10. The zero-order valence-corrected chi connectivity index (χ0v) is 29.0. The second kappa shape index (κ2) is 16.4. The van der Waals surface area contributed by atoms with Crippen LogP contribution in [0.3, 0.4) is 0 Å². The van der Waals surface area contributed by atoms with Crippen molar-refractivity contribution >= 4 is 27.6 Å². The van der Waals surface area contributed by atoms with E-state index in [0.717, 1.165) is 18.4 Å². The van der Waals surface area contributed by atoms with E-state index in [4.69, 9.17) is 9.47 Å². The molecule has 3 aromatic rings. The number of benzene rings is 2. The largest absolute Gasteiger partial charge is 0.490 e. The molecule has 0 fully saturated rings. The van der Waals surface area contributed by atoms with Gasteiger partial charge in [0.1, 0.15) is 5.75 Å². The molecule has 1 aromatic heterocycles. The van der Waals surface area contributed by atoms with Gasteiger partial charge in [-0.15, -0.1) is 0 Å². The quantitative estimate of drug-likeness (QED) is 0.286. The number of amides is 1. The van der Waals surface area contributed by atoms with Gasteiger partial charge in [-0.05, 0) is 76.1 Å². The highest BCUT2D eigenvalue weighted by atomic mass is 32.2. The molecule has 0 bridgehead atoms. The number of aliphatic hydroxyl groups excluding tert-OH is 1. The number of fused-ring (bicyclic) bond motifs is 1. The van der Waals surface area contributed by atoms with E-state index in [0.29, 0.717) is 31.9 Å². The van der Waals surface area contributed by atoms with Gasteiger partial charge in [-0.2, -0.15) is 8.42 Å². The summed E-state index contributed by atoms with van der Waals surface area (Å²) in [5.41, 5.74) is 1.54. The number of sulfonamides is 1. The van der Waals surface area contributed by atoms with E-state index in [9.17, 15) is 28.2 Å². The summed E-state index contributed by atoms with van der Waals surface area (Å²) < 4.78 is 42.8. The molecule has 3 N–H and O–H groups in total. The van der Waals surface area contributed by atoms with E-state index >= 15 is 0 Å². The van der Waals surface area contributed by atoms with Crippen LogP contribution in [0.4, 0.5) is 5.69 Å². The first kappa shape index (κ1) is 36.8. The second-order valence-corrected chi connectivity index (χ2v) is 14.3. The predicted octanol–water partition coefficient (Wildman–Crippen LogP) is 3.85. The SMILES string of the molecule is C[C@H]1CCCCO[C@@H](CN(C)Cc2ccc(C(=O)O)cc2)[C@@H](C)CN([C@@H](C)CO)C(=O)c2cc(NS(=O)(=O)c3cn(C)cn3)ccc2O1. The molecule has 0 aliphatic carbocycles. The minimum absolute atomic E-state index is 0.154. The number of ether oxygens (including phenoxy) is 2. The molecule has 0 saturated heterocycles. The number of carbonyl (C=O) groups excluding carboxylic acids is 1. The lowest BCUT2D eigenvalue weighted by Crippen LogP contribution is -2.47. The minimum atomic E-state index is -4.02. The average Bonchev–Trinajstić information content (AvgIpc) is 3.49. The van der Waals surface area contributed by atoms with E-state index in [1.807, 2.05) is 20.9 Å². The third kappa shape index (κ3) is 9.78. The van der Waals surface area contributed by atoms with Gasteiger partial charge in [-0.3, -0.25) is 14.4 Å². The van der Waals surface area contributed by atoms with Crippen LogP contribution in [0.2, 0.25) is 0 Å². The summed E-state index contributed by atoms with van der Waals surface area (Å²) in [6, 6.07) is 10.8. The normalized spacial score (nSPS) is 20.4. The standard InChI is InChI=1S/C34H47N5O8S/c1-23-17-39(24(2)21-40)33(41)29-16-28(36-48(44,45)32-20-38(5)22-35-32)13-14-30(29)47-25(3)8-6-7-15-46-31(23)19-37(4)18-26-9-11-27(12-10-26)34(42)43/h9-14,16,20,22-25,31,36,40H,6-8,15,17-19,21H2,1-5H3,(H,42,43)/t23-,24-,25-,31-/m0/s1. The zero-order chi connectivity index (χ0) is 35.0. The Balaban J connectivity index is 1.61. The van der Waals surface area contributed by atoms with Gasteiger partial charge in [-0.1, -0.05) is 19.1 Å². The van der Waals surface area contributed by atoms with Crippen molar-refractivity contribution in [1.82, 2.24) is 19.4 Å². The van der Waals surface area contributed by atoms with Crippen LogP contribution in [0.15, 0.2) is 60.0 Å². The summed E-state index contributed by atoms with van der Waals surface area (Å²) in [6.07, 6.45) is 4.65. The molecule has 2 heterocycles.